The number of hydrogen-bond donors (Lipinski definition) is 0. The van der Waals surface area contributed by atoms with Gasteiger partial charge in [0.1, 0.15) is 0 Å². The standard InChI is InChI=1S/C14H25NO2P2/c1-5-16-19(17-6-2,18(7-3)8-4)15-14-12-10-9-11-13-14/h9-13H,5-8H2,1-4H3. The lowest BCUT2D eigenvalue weighted by atomic mass is 10.3. The minimum absolute atomic E-state index is 0.339. The van der Waals surface area contributed by atoms with Crippen molar-refractivity contribution in [3.05, 3.63) is 30.3 Å². The van der Waals surface area contributed by atoms with Crippen molar-refractivity contribution in [1.82, 2.24) is 0 Å². The normalized spacial score (nSPS) is 11.8. The van der Waals surface area contributed by atoms with E-state index in [0.717, 1.165) is 18.0 Å². The molecule has 1 rings (SSSR count). The first-order chi connectivity index (χ1) is 9.22. The van der Waals surface area contributed by atoms with Crippen LogP contribution in [0.4, 0.5) is 5.69 Å². The molecule has 0 atom stereocenters. The van der Waals surface area contributed by atoms with Crippen LogP contribution in [0, 0.1) is 0 Å². The molecule has 0 aliphatic heterocycles. The Morgan fingerprint density at radius 2 is 1.47 bits per heavy atom. The molecule has 0 aliphatic carbocycles. The fourth-order valence-electron chi connectivity index (χ4n) is 1.88. The van der Waals surface area contributed by atoms with Crippen LogP contribution in [-0.4, -0.2) is 25.5 Å². The second-order valence-electron chi connectivity index (χ2n) is 3.90. The Bertz CT molecular complexity index is 395. The Hall–Kier alpha value is -0.200. The van der Waals surface area contributed by atoms with Gasteiger partial charge in [-0.25, -0.2) is 4.74 Å². The van der Waals surface area contributed by atoms with Crippen LogP contribution in [0.25, 0.3) is 0 Å². The maximum atomic E-state index is 6.07. The average molecular weight is 301 g/mol. The van der Waals surface area contributed by atoms with Crippen LogP contribution in [0.15, 0.2) is 35.1 Å². The SMILES string of the molecule is CCOP(=Nc1ccccc1)(OCC)P(CC)CC. The van der Waals surface area contributed by atoms with E-state index in [1.165, 1.54) is 0 Å². The first-order valence-corrected chi connectivity index (χ1v) is 10.9. The summed E-state index contributed by atoms with van der Waals surface area (Å²) < 4.78 is 17.0. The third kappa shape index (κ3) is 4.68. The Morgan fingerprint density at radius 3 is 1.89 bits per heavy atom. The van der Waals surface area contributed by atoms with Gasteiger partial charge in [-0.1, -0.05) is 32.0 Å². The maximum Gasteiger partial charge on any atom is 0.238 e. The molecule has 0 fully saturated rings. The molecule has 0 saturated heterocycles. The van der Waals surface area contributed by atoms with E-state index in [9.17, 15) is 0 Å². The van der Waals surface area contributed by atoms with Gasteiger partial charge in [0, 0.05) is 0 Å². The van der Waals surface area contributed by atoms with E-state index < -0.39 is 7.20 Å². The zero-order chi connectivity index (χ0) is 14.1. The molecular formula is C14H25NO2P2. The van der Waals surface area contributed by atoms with Gasteiger partial charge in [-0.2, -0.15) is 0 Å². The first kappa shape index (κ1) is 16.9. The number of rotatable bonds is 8. The molecular weight excluding hydrogens is 276 g/mol. The number of hydrogen-bond acceptors (Lipinski definition) is 3. The zero-order valence-corrected chi connectivity index (χ0v) is 14.2. The van der Waals surface area contributed by atoms with Gasteiger partial charge in [-0.15, -0.1) is 0 Å². The monoisotopic (exact) mass is 301 g/mol. The molecule has 108 valence electrons. The molecule has 0 N–H and O–H groups in total. The van der Waals surface area contributed by atoms with E-state index in [1.54, 1.807) is 0 Å². The maximum absolute atomic E-state index is 6.07. The lowest BCUT2D eigenvalue weighted by molar-refractivity contribution is 0.272. The first-order valence-electron chi connectivity index (χ1n) is 6.94. The van der Waals surface area contributed by atoms with E-state index in [4.69, 9.17) is 13.8 Å². The molecule has 5 heteroatoms. The zero-order valence-electron chi connectivity index (χ0n) is 12.4. The molecule has 1 aromatic rings. The molecule has 19 heavy (non-hydrogen) atoms. The summed E-state index contributed by atoms with van der Waals surface area (Å²) in [6.07, 6.45) is 2.19. The second kappa shape index (κ2) is 8.87. The van der Waals surface area contributed by atoms with Crippen molar-refractivity contribution < 1.29 is 9.05 Å². The molecule has 0 aromatic heterocycles. The van der Waals surface area contributed by atoms with Gasteiger partial charge in [0.05, 0.1) is 18.9 Å². The third-order valence-corrected chi connectivity index (χ3v) is 11.3. The lowest BCUT2D eigenvalue weighted by Crippen LogP contribution is -1.98. The van der Waals surface area contributed by atoms with Gasteiger partial charge >= 0.3 is 0 Å². The second-order valence-corrected chi connectivity index (χ2v) is 11.1. The molecule has 1 aromatic carbocycles. The van der Waals surface area contributed by atoms with E-state index in [2.05, 4.69) is 13.8 Å². The molecule has 0 amide bonds. The smallest absolute Gasteiger partial charge is 0.238 e. The summed E-state index contributed by atoms with van der Waals surface area (Å²) in [5.41, 5.74) is 0.965. The van der Waals surface area contributed by atoms with Crippen molar-refractivity contribution in [2.24, 2.45) is 4.74 Å². The Kier molecular flexibility index (Phi) is 7.87. The van der Waals surface area contributed by atoms with Gasteiger partial charge in [0.2, 0.25) is 7.20 Å². The highest BCUT2D eigenvalue weighted by Crippen LogP contribution is 2.79. The fraction of sp³-hybridized carbons (Fsp3) is 0.571. The van der Waals surface area contributed by atoms with Crippen LogP contribution in [0.5, 0.6) is 0 Å². The van der Waals surface area contributed by atoms with Crippen LogP contribution in [0.2, 0.25) is 0 Å². The molecule has 0 saturated carbocycles. The Morgan fingerprint density at radius 1 is 0.947 bits per heavy atom. The minimum Gasteiger partial charge on any atom is -0.321 e. The summed E-state index contributed by atoms with van der Waals surface area (Å²) in [6.45, 7) is 9.77. The van der Waals surface area contributed by atoms with Crippen LogP contribution < -0.4 is 0 Å². The summed E-state index contributed by atoms with van der Waals surface area (Å²) in [7, 11) is -2.48. The van der Waals surface area contributed by atoms with Crippen LogP contribution in [-0.2, 0) is 9.05 Å². The highest BCUT2D eigenvalue weighted by atomic mass is 32.1. The van der Waals surface area contributed by atoms with Crippen molar-refractivity contribution in [2.75, 3.05) is 25.5 Å². The number of benzene rings is 1. The Balaban J connectivity index is 3.25. The van der Waals surface area contributed by atoms with Crippen LogP contribution in [0.3, 0.4) is 0 Å². The predicted molar refractivity (Wildman–Crippen MR) is 86.7 cm³/mol. The summed E-state index contributed by atoms with van der Waals surface area (Å²) in [6, 6.07) is 10.1. The van der Waals surface area contributed by atoms with Gasteiger partial charge in [0.15, 0.2) is 0 Å². The van der Waals surface area contributed by atoms with E-state index >= 15 is 0 Å². The highest BCUT2D eigenvalue weighted by molar-refractivity contribution is 8.29. The summed E-state index contributed by atoms with van der Waals surface area (Å²) in [5.74, 6) is 0. The van der Waals surface area contributed by atoms with E-state index in [0.29, 0.717) is 13.2 Å². The summed E-state index contributed by atoms with van der Waals surface area (Å²) >= 11 is 0. The van der Waals surface area contributed by atoms with E-state index in [1.807, 2.05) is 44.2 Å². The van der Waals surface area contributed by atoms with Crippen LogP contribution >= 0.6 is 14.8 Å². The molecule has 0 spiro atoms. The fourth-order valence-corrected chi connectivity index (χ4v) is 9.29. The molecule has 0 unspecified atom stereocenters. The topological polar surface area (TPSA) is 30.8 Å². The quantitative estimate of drug-likeness (QED) is 0.563. The van der Waals surface area contributed by atoms with Crippen LogP contribution in [0.1, 0.15) is 27.7 Å². The molecule has 0 aliphatic rings. The van der Waals surface area contributed by atoms with Gasteiger partial charge < -0.3 is 9.05 Å². The Labute approximate surface area is 118 Å². The largest absolute Gasteiger partial charge is 0.321 e. The van der Waals surface area contributed by atoms with Gasteiger partial charge in [-0.05, 0) is 45.9 Å². The van der Waals surface area contributed by atoms with Gasteiger partial charge in [0.25, 0.3) is 0 Å². The predicted octanol–water partition coefficient (Wildman–Crippen LogP) is 5.86. The summed E-state index contributed by atoms with van der Waals surface area (Å²) in [5, 5.41) is 0. The van der Waals surface area contributed by atoms with Gasteiger partial charge in [-0.3, -0.25) is 0 Å². The molecule has 0 bridgehead atoms. The van der Waals surface area contributed by atoms with Crippen molar-refractivity contribution >= 4 is 20.5 Å². The van der Waals surface area contributed by atoms with Crippen molar-refractivity contribution in [3.8, 4) is 0 Å². The minimum atomic E-state index is -2.14. The lowest BCUT2D eigenvalue weighted by Gasteiger charge is -2.30. The van der Waals surface area contributed by atoms with E-state index in [-0.39, 0.29) is 7.61 Å². The number of nitrogens with zero attached hydrogens (tertiary/aromatic N) is 1. The molecule has 0 radical (unpaired) electrons. The third-order valence-electron chi connectivity index (χ3n) is 2.68. The molecule has 3 nitrogen and oxygen atoms in total. The van der Waals surface area contributed by atoms with Crippen molar-refractivity contribution in [3.63, 3.8) is 0 Å². The van der Waals surface area contributed by atoms with Crippen molar-refractivity contribution in [1.29, 1.82) is 0 Å². The highest BCUT2D eigenvalue weighted by Gasteiger charge is 2.30. The average Bonchev–Trinajstić information content (AvgIpc) is 2.42. The molecule has 0 heterocycles. The van der Waals surface area contributed by atoms with Crippen molar-refractivity contribution in [2.45, 2.75) is 27.7 Å². The summed E-state index contributed by atoms with van der Waals surface area (Å²) in [4.78, 5) is 0.